The fraction of sp³-hybridized carbons (Fsp3) is 0.259. The molecule has 2 aliphatic rings. The monoisotopic (exact) mass is 485 g/mol. The van der Waals surface area contributed by atoms with E-state index in [4.69, 9.17) is 4.42 Å². The van der Waals surface area contributed by atoms with Crippen LogP contribution in [0.3, 0.4) is 0 Å². The summed E-state index contributed by atoms with van der Waals surface area (Å²) in [5.74, 6) is -1.27. The number of aryl methyl sites for hydroxylation is 3. The van der Waals surface area contributed by atoms with Crippen LogP contribution in [0.2, 0.25) is 0 Å². The van der Waals surface area contributed by atoms with Gasteiger partial charge in [-0.1, -0.05) is 55.1 Å². The number of rotatable bonds is 5. The zero-order valence-corrected chi connectivity index (χ0v) is 20.2. The molecule has 1 aliphatic heterocycles. The molecular weight excluding hydrogens is 458 g/mol. The van der Waals surface area contributed by atoms with Crippen molar-refractivity contribution in [3.05, 3.63) is 107 Å². The lowest BCUT2D eigenvalue weighted by atomic mass is 9.94. The summed E-state index contributed by atoms with van der Waals surface area (Å²) in [6.07, 6.45) is 2.76. The van der Waals surface area contributed by atoms with E-state index in [-0.39, 0.29) is 30.8 Å². The van der Waals surface area contributed by atoms with Gasteiger partial charge in [-0.05, 0) is 41.2 Å². The molecular formula is C27H27N5O4. The summed E-state index contributed by atoms with van der Waals surface area (Å²) in [5, 5.41) is 22.3. The Kier molecular flexibility index (Phi) is 6.15. The quantitative estimate of drug-likeness (QED) is 0.434. The van der Waals surface area contributed by atoms with Crippen LogP contribution in [0.4, 0.5) is 0 Å². The molecule has 1 amide bonds. The molecule has 0 radical (unpaired) electrons. The number of carbonyl (C=O) groups excluding carboxylic acids is 2. The lowest BCUT2D eigenvalue weighted by Crippen LogP contribution is -2.58. The number of allylic oxidation sites excluding steroid dienone is 1. The summed E-state index contributed by atoms with van der Waals surface area (Å²) in [6, 6.07) is 16.2. The van der Waals surface area contributed by atoms with Crippen molar-refractivity contribution in [2.75, 3.05) is 13.7 Å². The Balaban J connectivity index is 1.67. The number of aromatic nitrogens is 2. The molecule has 0 unspecified atom stereocenters. The van der Waals surface area contributed by atoms with Crippen molar-refractivity contribution in [3.8, 4) is 0 Å². The average molecular weight is 486 g/mol. The first-order valence-corrected chi connectivity index (χ1v) is 11.7. The van der Waals surface area contributed by atoms with Gasteiger partial charge < -0.3 is 14.4 Å². The number of ketones is 1. The Hall–Kier alpha value is -4.24. The minimum atomic E-state index is -0.734. The van der Waals surface area contributed by atoms with Crippen molar-refractivity contribution in [1.29, 1.82) is 0 Å². The maximum Gasteiger partial charge on any atom is 0.277 e. The number of aliphatic hydroxyl groups excluding tert-OH is 1. The molecule has 3 aromatic rings. The Bertz CT molecular complexity index is 1330. The van der Waals surface area contributed by atoms with Crippen molar-refractivity contribution in [1.82, 2.24) is 25.1 Å². The van der Waals surface area contributed by atoms with E-state index in [0.29, 0.717) is 5.89 Å². The molecule has 0 saturated carbocycles. The van der Waals surface area contributed by atoms with Crippen LogP contribution in [0, 0.1) is 6.92 Å². The van der Waals surface area contributed by atoms with E-state index in [0.717, 1.165) is 30.0 Å². The van der Waals surface area contributed by atoms with Crippen LogP contribution in [0.1, 0.15) is 40.1 Å². The van der Waals surface area contributed by atoms with Crippen molar-refractivity contribution >= 4 is 11.7 Å². The molecule has 36 heavy (non-hydrogen) atoms. The molecule has 0 spiro atoms. The van der Waals surface area contributed by atoms with Gasteiger partial charge in [0.05, 0.1) is 12.7 Å². The van der Waals surface area contributed by atoms with E-state index in [1.54, 1.807) is 19.0 Å². The Morgan fingerprint density at radius 2 is 1.72 bits per heavy atom. The van der Waals surface area contributed by atoms with E-state index < -0.39 is 17.4 Å². The number of nitrogens with zero attached hydrogens (tertiary/aromatic N) is 5. The second kappa shape index (κ2) is 9.43. The Morgan fingerprint density at radius 3 is 2.28 bits per heavy atom. The Labute approximate surface area is 208 Å². The minimum Gasteiger partial charge on any atom is -0.503 e. The van der Waals surface area contributed by atoms with Crippen LogP contribution in [0.15, 0.2) is 77.1 Å². The second-order valence-corrected chi connectivity index (χ2v) is 8.89. The summed E-state index contributed by atoms with van der Waals surface area (Å²) in [5.41, 5.74) is 4.49. The number of likely N-dealkylation sites (N-methyl/N-ethyl adjacent to an activating group) is 1. The van der Waals surface area contributed by atoms with Crippen LogP contribution >= 0.6 is 0 Å². The summed E-state index contributed by atoms with van der Waals surface area (Å²) in [4.78, 5) is 27.5. The summed E-state index contributed by atoms with van der Waals surface area (Å²) < 4.78 is 5.53. The normalized spacial score (nSPS) is 17.9. The van der Waals surface area contributed by atoms with Crippen LogP contribution < -0.4 is 0 Å². The van der Waals surface area contributed by atoms with Gasteiger partial charge in [-0.2, -0.15) is 5.01 Å². The molecule has 1 fully saturated rings. The highest BCUT2D eigenvalue weighted by Gasteiger charge is 2.42. The zero-order chi connectivity index (χ0) is 25.4. The fourth-order valence-electron chi connectivity index (χ4n) is 4.98. The summed E-state index contributed by atoms with van der Waals surface area (Å²) in [6.45, 7) is 5.33. The number of benzene rings is 2. The number of hydrogen-bond acceptors (Lipinski definition) is 8. The third kappa shape index (κ3) is 4.07. The van der Waals surface area contributed by atoms with Crippen LogP contribution in [-0.4, -0.2) is 55.6 Å². The molecule has 1 aliphatic carbocycles. The highest BCUT2D eigenvalue weighted by molar-refractivity contribution is 6.08. The van der Waals surface area contributed by atoms with Gasteiger partial charge in [0.2, 0.25) is 17.6 Å². The maximum absolute atomic E-state index is 13.6. The summed E-state index contributed by atoms with van der Waals surface area (Å²) in [7, 11) is 1.68. The highest BCUT2D eigenvalue weighted by Crippen LogP contribution is 2.40. The van der Waals surface area contributed by atoms with E-state index >= 15 is 0 Å². The van der Waals surface area contributed by atoms with Crippen LogP contribution in [0.25, 0.3) is 0 Å². The molecule has 9 nitrogen and oxygen atoms in total. The van der Waals surface area contributed by atoms with Gasteiger partial charge in [0.15, 0.2) is 11.5 Å². The third-order valence-electron chi connectivity index (χ3n) is 6.71. The van der Waals surface area contributed by atoms with E-state index in [1.165, 1.54) is 16.0 Å². The predicted octanol–water partition coefficient (Wildman–Crippen LogP) is 3.24. The van der Waals surface area contributed by atoms with E-state index in [9.17, 15) is 14.7 Å². The first-order valence-electron chi connectivity index (χ1n) is 11.7. The number of hydrogen-bond donors (Lipinski definition) is 1. The molecule has 1 aromatic heterocycles. The molecule has 5 rings (SSSR count). The fourth-order valence-corrected chi connectivity index (χ4v) is 4.98. The van der Waals surface area contributed by atoms with Gasteiger partial charge >= 0.3 is 0 Å². The number of fused-ring (bicyclic) bond motifs is 2. The van der Waals surface area contributed by atoms with Crippen molar-refractivity contribution in [2.24, 2.45) is 0 Å². The second-order valence-electron chi connectivity index (χ2n) is 8.89. The largest absolute Gasteiger partial charge is 0.503 e. The SMILES string of the molecule is C=CC(=O)/C(O)=C1/C(=O)N(Cc2nnc(C)o2)CN(C2c3ccccc3CCc3ccccc32)N1C. The van der Waals surface area contributed by atoms with Crippen LogP contribution in [-0.2, 0) is 29.0 Å². The van der Waals surface area contributed by atoms with E-state index in [2.05, 4.69) is 41.0 Å². The smallest absolute Gasteiger partial charge is 0.277 e. The van der Waals surface area contributed by atoms with Gasteiger partial charge in [-0.25, -0.2) is 0 Å². The topological polar surface area (TPSA) is 103 Å². The first kappa shape index (κ1) is 23.5. The maximum atomic E-state index is 13.6. The van der Waals surface area contributed by atoms with Gasteiger partial charge in [-0.15, -0.1) is 10.2 Å². The van der Waals surface area contributed by atoms with Crippen molar-refractivity contribution < 1.29 is 19.1 Å². The number of aliphatic hydroxyl groups is 1. The summed E-state index contributed by atoms with van der Waals surface area (Å²) >= 11 is 0. The first-order chi connectivity index (χ1) is 17.4. The van der Waals surface area contributed by atoms with Gasteiger partial charge in [0.25, 0.3) is 5.91 Å². The van der Waals surface area contributed by atoms with Gasteiger partial charge in [0, 0.05) is 14.0 Å². The molecule has 1 N–H and O–H groups in total. The predicted molar refractivity (Wildman–Crippen MR) is 131 cm³/mol. The van der Waals surface area contributed by atoms with Crippen LogP contribution in [0.5, 0.6) is 0 Å². The average Bonchev–Trinajstić information content (AvgIpc) is 3.22. The zero-order valence-electron chi connectivity index (χ0n) is 20.2. The van der Waals surface area contributed by atoms with Gasteiger partial charge in [0.1, 0.15) is 6.54 Å². The highest BCUT2D eigenvalue weighted by atomic mass is 16.4. The standard InChI is InChI=1S/C27H27N5O4/c1-4-22(33)26(34)25-27(35)31(15-23-29-28-17(2)36-23)16-32(30(25)3)24-20-11-7-5-9-18(20)13-14-19-10-6-8-12-21(19)24/h4-12,24,34H,1,13-16H2,2-3H3/b26-25+. The number of amides is 1. The van der Waals surface area contributed by atoms with Gasteiger partial charge in [-0.3, -0.25) is 14.6 Å². The molecule has 2 heterocycles. The molecule has 1 saturated heterocycles. The number of hydrazine groups is 1. The third-order valence-corrected chi connectivity index (χ3v) is 6.71. The lowest BCUT2D eigenvalue weighted by molar-refractivity contribution is -0.154. The number of carbonyl (C=O) groups is 2. The molecule has 2 aromatic carbocycles. The molecule has 184 valence electrons. The molecule has 0 bridgehead atoms. The van der Waals surface area contributed by atoms with Crippen molar-refractivity contribution in [2.45, 2.75) is 32.4 Å². The minimum absolute atomic E-state index is 0.0269. The van der Waals surface area contributed by atoms with Crippen molar-refractivity contribution in [3.63, 3.8) is 0 Å². The molecule has 9 heteroatoms. The molecule has 0 atom stereocenters. The lowest BCUT2D eigenvalue weighted by Gasteiger charge is -2.47. The Morgan fingerprint density at radius 1 is 1.11 bits per heavy atom. The van der Waals surface area contributed by atoms with E-state index in [1.807, 2.05) is 29.3 Å².